The van der Waals surface area contributed by atoms with Gasteiger partial charge in [-0.15, -0.1) is 0 Å². The monoisotopic (exact) mass is 199 g/mol. The van der Waals surface area contributed by atoms with Gasteiger partial charge in [0, 0.05) is 12.1 Å². The van der Waals surface area contributed by atoms with Crippen LogP contribution in [0, 0.1) is 10.1 Å². The maximum absolute atomic E-state index is 11.7. The van der Waals surface area contributed by atoms with E-state index in [4.69, 9.17) is 0 Å². The van der Waals surface area contributed by atoms with Crippen LogP contribution < -0.4 is 4.74 Å². The zero-order valence-corrected chi connectivity index (χ0v) is 6.97. The van der Waals surface area contributed by atoms with Gasteiger partial charge in [0.05, 0.1) is 4.92 Å². The molecule has 0 N–H and O–H groups in total. The quantitative estimate of drug-likeness (QED) is 0.320. The van der Waals surface area contributed by atoms with Crippen LogP contribution in [0.1, 0.15) is 0 Å². The van der Waals surface area contributed by atoms with E-state index in [-0.39, 0.29) is 11.4 Å². The first-order chi connectivity index (χ1) is 6.63. The number of nitro benzene ring substituents is 1. The third-order valence-corrected chi connectivity index (χ3v) is 1.39. The summed E-state index contributed by atoms with van der Waals surface area (Å²) in [5.41, 5.74) is -0.120. The number of nitrogens with zero attached hydrogens (tertiary/aromatic N) is 1. The first-order valence-electron chi connectivity index (χ1n) is 3.64. The van der Waals surface area contributed by atoms with Gasteiger partial charge in [0.25, 0.3) is 5.69 Å². The lowest BCUT2D eigenvalue weighted by molar-refractivity contribution is -0.384. The lowest BCUT2D eigenvalue weighted by Crippen LogP contribution is -2.09. The molecular weight excluding hydrogens is 193 g/mol. The van der Waals surface area contributed by atoms with E-state index in [1.165, 1.54) is 24.3 Å². The number of ether oxygens (including phenoxy) is 1. The summed E-state index contributed by atoms with van der Waals surface area (Å²) in [5, 5.41) is 10.2. The summed E-state index contributed by atoms with van der Waals surface area (Å²) < 4.78 is 16.2. The van der Waals surface area contributed by atoms with Crippen LogP contribution in [0.15, 0.2) is 24.3 Å². The molecule has 0 bridgehead atoms. The number of hydrogen-bond acceptors (Lipinski definition) is 4. The molecule has 0 aliphatic heterocycles. The Morgan fingerprint density at radius 1 is 1.43 bits per heavy atom. The topological polar surface area (TPSA) is 69.4 Å². The molecule has 6 heteroatoms. The van der Waals surface area contributed by atoms with E-state index in [1.54, 1.807) is 0 Å². The molecule has 5 nitrogen and oxygen atoms in total. The number of benzene rings is 1. The molecule has 1 rings (SSSR count). The second-order valence-corrected chi connectivity index (χ2v) is 2.36. The van der Waals surface area contributed by atoms with Gasteiger partial charge in [-0.3, -0.25) is 10.1 Å². The molecule has 74 valence electrons. The summed E-state index contributed by atoms with van der Waals surface area (Å²) in [6.07, 6.45) is 0. The van der Waals surface area contributed by atoms with Crippen molar-refractivity contribution in [1.82, 2.24) is 0 Å². The van der Waals surface area contributed by atoms with E-state index < -0.39 is 17.6 Å². The number of carbonyl (C=O) groups is 1. The molecule has 0 spiro atoms. The summed E-state index contributed by atoms with van der Waals surface area (Å²) in [5.74, 6) is -0.947. The average Bonchev–Trinajstić information content (AvgIpc) is 2.18. The van der Waals surface area contributed by atoms with Crippen molar-refractivity contribution in [2.75, 3.05) is 6.67 Å². The highest BCUT2D eigenvalue weighted by molar-refractivity contribution is 5.73. The van der Waals surface area contributed by atoms with Crippen molar-refractivity contribution in [3.05, 3.63) is 34.4 Å². The third kappa shape index (κ3) is 2.51. The normalized spacial score (nSPS) is 9.50. The van der Waals surface area contributed by atoms with Crippen LogP contribution in [0.5, 0.6) is 5.75 Å². The zero-order chi connectivity index (χ0) is 10.6. The molecule has 1 aromatic carbocycles. The van der Waals surface area contributed by atoms with Crippen LogP contribution in [0.3, 0.4) is 0 Å². The Bertz CT molecular complexity index is 349. The molecule has 0 radical (unpaired) electrons. The van der Waals surface area contributed by atoms with Gasteiger partial charge in [0.2, 0.25) is 0 Å². The summed E-state index contributed by atoms with van der Waals surface area (Å²) in [7, 11) is 0. The van der Waals surface area contributed by atoms with Crippen molar-refractivity contribution in [3.63, 3.8) is 0 Å². The Labute approximate surface area is 78.3 Å². The Hall–Kier alpha value is -1.98. The molecule has 0 aromatic heterocycles. The minimum Gasteiger partial charge on any atom is -0.425 e. The Morgan fingerprint density at radius 2 is 2.00 bits per heavy atom. The molecule has 0 aliphatic carbocycles. The zero-order valence-electron chi connectivity index (χ0n) is 6.97. The molecule has 0 amide bonds. The molecule has 0 atom stereocenters. The van der Waals surface area contributed by atoms with Crippen molar-refractivity contribution < 1.29 is 18.8 Å². The van der Waals surface area contributed by atoms with Gasteiger partial charge in [-0.1, -0.05) is 0 Å². The van der Waals surface area contributed by atoms with Crippen molar-refractivity contribution in [2.24, 2.45) is 0 Å². The lowest BCUT2D eigenvalue weighted by atomic mass is 10.3. The minimum atomic E-state index is -1.23. The standard InChI is InChI=1S/C8H6FNO4/c9-5-8(11)14-7-3-1-6(2-4-7)10(12)13/h1-4H,5H2. The molecule has 0 saturated carbocycles. The second kappa shape index (κ2) is 4.31. The van der Waals surface area contributed by atoms with E-state index in [0.29, 0.717) is 0 Å². The first kappa shape index (κ1) is 10.1. The van der Waals surface area contributed by atoms with Crippen molar-refractivity contribution in [2.45, 2.75) is 0 Å². The number of esters is 1. The Balaban J connectivity index is 2.73. The van der Waals surface area contributed by atoms with Gasteiger partial charge in [-0.2, -0.15) is 0 Å². The smallest absolute Gasteiger partial charge is 0.342 e. The largest absolute Gasteiger partial charge is 0.425 e. The molecule has 0 fully saturated rings. The van der Waals surface area contributed by atoms with Gasteiger partial charge < -0.3 is 4.74 Å². The molecule has 14 heavy (non-hydrogen) atoms. The van der Waals surface area contributed by atoms with Crippen molar-refractivity contribution in [3.8, 4) is 5.75 Å². The fourth-order valence-corrected chi connectivity index (χ4v) is 0.795. The van der Waals surface area contributed by atoms with Crippen LogP contribution in [0.2, 0.25) is 0 Å². The number of carbonyl (C=O) groups excluding carboxylic acids is 1. The number of alkyl halides is 1. The lowest BCUT2D eigenvalue weighted by Gasteiger charge is -1.99. The van der Waals surface area contributed by atoms with Crippen LogP contribution in [-0.4, -0.2) is 17.6 Å². The van der Waals surface area contributed by atoms with Gasteiger partial charge in [0.1, 0.15) is 5.75 Å². The van der Waals surface area contributed by atoms with Crippen LogP contribution in [0.25, 0.3) is 0 Å². The minimum absolute atomic E-state index is 0.0817. The molecule has 0 aliphatic rings. The third-order valence-electron chi connectivity index (χ3n) is 1.39. The van der Waals surface area contributed by atoms with Gasteiger partial charge in [-0.25, -0.2) is 9.18 Å². The van der Waals surface area contributed by atoms with E-state index in [2.05, 4.69) is 4.74 Å². The SMILES string of the molecule is O=C(CF)Oc1ccc([N+](=O)[O-])cc1. The molecule has 0 unspecified atom stereocenters. The maximum Gasteiger partial charge on any atom is 0.342 e. The fourth-order valence-electron chi connectivity index (χ4n) is 0.795. The summed E-state index contributed by atoms with van der Waals surface area (Å²) >= 11 is 0. The number of non-ortho nitro benzene ring substituents is 1. The van der Waals surface area contributed by atoms with Crippen molar-refractivity contribution >= 4 is 11.7 Å². The summed E-state index contributed by atoms with van der Waals surface area (Å²) in [4.78, 5) is 20.1. The van der Waals surface area contributed by atoms with Gasteiger partial charge in [0.15, 0.2) is 6.67 Å². The van der Waals surface area contributed by atoms with Crippen LogP contribution in [0.4, 0.5) is 10.1 Å². The Morgan fingerprint density at radius 3 is 2.43 bits per heavy atom. The van der Waals surface area contributed by atoms with E-state index in [9.17, 15) is 19.3 Å². The highest BCUT2D eigenvalue weighted by Gasteiger charge is 2.07. The summed E-state index contributed by atoms with van der Waals surface area (Å²) in [6, 6.07) is 4.79. The average molecular weight is 199 g/mol. The van der Waals surface area contributed by atoms with E-state index >= 15 is 0 Å². The summed E-state index contributed by atoms with van der Waals surface area (Å²) in [6.45, 7) is -1.23. The number of nitro groups is 1. The highest BCUT2D eigenvalue weighted by Crippen LogP contribution is 2.17. The first-order valence-corrected chi connectivity index (χ1v) is 3.64. The predicted molar refractivity (Wildman–Crippen MR) is 44.7 cm³/mol. The van der Waals surface area contributed by atoms with E-state index in [1.807, 2.05) is 0 Å². The second-order valence-electron chi connectivity index (χ2n) is 2.36. The molecule has 0 heterocycles. The number of halogens is 1. The number of hydrogen-bond donors (Lipinski definition) is 0. The van der Waals surface area contributed by atoms with Gasteiger partial charge in [-0.05, 0) is 12.1 Å². The molecule has 1 aromatic rings. The van der Waals surface area contributed by atoms with Crippen LogP contribution in [-0.2, 0) is 4.79 Å². The molecule has 0 saturated heterocycles. The highest BCUT2D eigenvalue weighted by atomic mass is 19.1. The number of rotatable bonds is 3. The van der Waals surface area contributed by atoms with Gasteiger partial charge >= 0.3 is 5.97 Å². The molecular formula is C8H6FNO4. The maximum atomic E-state index is 11.7. The van der Waals surface area contributed by atoms with Crippen molar-refractivity contribution in [1.29, 1.82) is 0 Å². The fraction of sp³-hybridized carbons (Fsp3) is 0.125. The Kier molecular flexibility index (Phi) is 3.11. The van der Waals surface area contributed by atoms with Crippen LogP contribution >= 0.6 is 0 Å². The predicted octanol–water partition coefficient (Wildman–Crippen LogP) is 1.47. The van der Waals surface area contributed by atoms with E-state index in [0.717, 1.165) is 0 Å².